The Morgan fingerprint density at radius 2 is 1.76 bits per heavy atom. The van der Waals surface area contributed by atoms with Crippen LogP contribution >= 0.6 is 24.0 Å². The highest BCUT2D eigenvalue weighted by Gasteiger charge is 2.32. The fourth-order valence-corrected chi connectivity index (χ4v) is 4.64. The van der Waals surface area contributed by atoms with Crippen LogP contribution in [0.15, 0.2) is 77.2 Å². The van der Waals surface area contributed by atoms with Crippen molar-refractivity contribution in [2.75, 3.05) is 6.54 Å². The Balaban J connectivity index is 1.57. The molecule has 1 atom stereocenters. The molecule has 1 unspecified atom stereocenters. The van der Waals surface area contributed by atoms with Gasteiger partial charge in [0.1, 0.15) is 10.4 Å². The molecule has 2 amide bonds. The number of allylic oxidation sites excluding steroid dienone is 2. The number of rotatable bonds is 9. The number of carboxylic acid groups (broad SMARTS) is 1. The molecular weight excluding hydrogens is 456 g/mol. The molecule has 0 aliphatic carbocycles. The third-order valence-electron chi connectivity index (χ3n) is 4.90. The summed E-state index contributed by atoms with van der Waals surface area (Å²) in [6, 6.07) is 17.8. The van der Waals surface area contributed by atoms with E-state index in [4.69, 9.17) is 12.2 Å². The predicted molar refractivity (Wildman–Crippen MR) is 134 cm³/mol. The number of thioether (sulfide) groups is 1. The van der Waals surface area contributed by atoms with Crippen molar-refractivity contribution in [2.45, 2.75) is 25.8 Å². The van der Waals surface area contributed by atoms with Crippen LogP contribution in [-0.2, 0) is 20.8 Å². The van der Waals surface area contributed by atoms with Gasteiger partial charge in [-0.15, -0.1) is 0 Å². The second kappa shape index (κ2) is 11.6. The number of thiocarbonyl (C=S) groups is 1. The van der Waals surface area contributed by atoms with Crippen LogP contribution in [0.2, 0.25) is 0 Å². The minimum Gasteiger partial charge on any atom is -0.480 e. The zero-order valence-corrected chi connectivity index (χ0v) is 19.7. The van der Waals surface area contributed by atoms with Gasteiger partial charge in [-0.05, 0) is 29.7 Å². The van der Waals surface area contributed by atoms with Crippen molar-refractivity contribution >= 4 is 52.2 Å². The first-order valence-corrected chi connectivity index (χ1v) is 11.6. The van der Waals surface area contributed by atoms with Gasteiger partial charge in [0, 0.05) is 19.4 Å². The summed E-state index contributed by atoms with van der Waals surface area (Å²) in [7, 11) is 0. The molecule has 1 aliphatic heterocycles. The van der Waals surface area contributed by atoms with Crippen LogP contribution in [0.3, 0.4) is 0 Å². The zero-order chi connectivity index (χ0) is 23.8. The largest absolute Gasteiger partial charge is 0.480 e. The van der Waals surface area contributed by atoms with E-state index in [1.807, 2.05) is 73.7 Å². The second-order valence-electron chi connectivity index (χ2n) is 7.53. The van der Waals surface area contributed by atoms with Gasteiger partial charge in [-0.25, -0.2) is 4.79 Å². The van der Waals surface area contributed by atoms with Crippen molar-refractivity contribution in [3.05, 3.63) is 88.3 Å². The molecule has 8 heteroatoms. The van der Waals surface area contributed by atoms with Crippen molar-refractivity contribution in [1.29, 1.82) is 0 Å². The van der Waals surface area contributed by atoms with Crippen LogP contribution < -0.4 is 5.32 Å². The molecule has 6 nitrogen and oxygen atoms in total. The van der Waals surface area contributed by atoms with Gasteiger partial charge in [-0.2, -0.15) is 0 Å². The van der Waals surface area contributed by atoms with E-state index in [1.54, 1.807) is 6.08 Å². The topological polar surface area (TPSA) is 86.7 Å². The summed E-state index contributed by atoms with van der Waals surface area (Å²) >= 11 is 6.52. The van der Waals surface area contributed by atoms with Gasteiger partial charge in [0.2, 0.25) is 5.91 Å². The third kappa shape index (κ3) is 7.13. The summed E-state index contributed by atoms with van der Waals surface area (Å²) in [6.07, 6.45) is 3.89. The first-order valence-electron chi connectivity index (χ1n) is 10.4. The Morgan fingerprint density at radius 3 is 2.39 bits per heavy atom. The lowest BCUT2D eigenvalue weighted by Crippen LogP contribution is -2.43. The van der Waals surface area contributed by atoms with Crippen molar-refractivity contribution in [3.8, 4) is 0 Å². The van der Waals surface area contributed by atoms with E-state index in [1.165, 1.54) is 16.7 Å². The van der Waals surface area contributed by atoms with Crippen molar-refractivity contribution in [3.63, 3.8) is 0 Å². The second-order valence-corrected chi connectivity index (χ2v) is 9.21. The minimum atomic E-state index is -1.11. The highest BCUT2D eigenvalue weighted by atomic mass is 32.2. The summed E-state index contributed by atoms with van der Waals surface area (Å²) in [6.45, 7) is 2.00. The monoisotopic (exact) mass is 480 g/mol. The van der Waals surface area contributed by atoms with Gasteiger partial charge < -0.3 is 10.4 Å². The molecule has 2 aromatic rings. The SMILES string of the molecule is CC(/C=C1\SC(=S)N(CCC(=O)NC(Cc2ccccc2)C(=O)O)C1=O)=C\c1ccccc1. The molecular formula is C25H24N2O4S2. The molecule has 3 rings (SSSR count). The molecule has 0 saturated carbocycles. The van der Waals surface area contributed by atoms with E-state index >= 15 is 0 Å². The molecule has 170 valence electrons. The number of benzene rings is 2. The van der Waals surface area contributed by atoms with Gasteiger partial charge in [0.25, 0.3) is 5.91 Å². The van der Waals surface area contributed by atoms with Gasteiger partial charge in [-0.1, -0.05) is 90.7 Å². The minimum absolute atomic E-state index is 0.0445. The van der Waals surface area contributed by atoms with Crippen LogP contribution in [0.25, 0.3) is 6.08 Å². The number of nitrogens with one attached hydrogen (secondary N) is 1. The van der Waals surface area contributed by atoms with E-state index in [0.717, 1.165) is 16.7 Å². The fraction of sp³-hybridized carbons (Fsp3) is 0.200. The van der Waals surface area contributed by atoms with Crippen LogP contribution in [-0.4, -0.2) is 44.7 Å². The lowest BCUT2D eigenvalue weighted by atomic mass is 10.1. The third-order valence-corrected chi connectivity index (χ3v) is 6.28. The van der Waals surface area contributed by atoms with Crippen LogP contribution in [0.5, 0.6) is 0 Å². The first kappa shape index (κ1) is 24.4. The normalized spacial score (nSPS) is 16.2. The van der Waals surface area contributed by atoms with E-state index in [0.29, 0.717) is 9.23 Å². The van der Waals surface area contributed by atoms with E-state index < -0.39 is 17.9 Å². The fourth-order valence-electron chi connectivity index (χ4n) is 3.28. The highest BCUT2D eigenvalue weighted by Crippen LogP contribution is 2.32. The van der Waals surface area contributed by atoms with Crippen LogP contribution in [0, 0.1) is 0 Å². The summed E-state index contributed by atoms with van der Waals surface area (Å²) < 4.78 is 0.380. The Labute approximate surface area is 202 Å². The van der Waals surface area contributed by atoms with Gasteiger partial charge in [0.15, 0.2) is 0 Å². The van der Waals surface area contributed by atoms with Gasteiger partial charge >= 0.3 is 5.97 Å². The van der Waals surface area contributed by atoms with Gasteiger partial charge in [0.05, 0.1) is 4.91 Å². The van der Waals surface area contributed by atoms with Gasteiger partial charge in [-0.3, -0.25) is 14.5 Å². The summed E-state index contributed by atoms with van der Waals surface area (Å²) in [5.74, 6) is -1.81. The number of hydrogen-bond acceptors (Lipinski definition) is 5. The predicted octanol–water partition coefficient (Wildman–Crippen LogP) is 4.04. The van der Waals surface area contributed by atoms with Crippen molar-refractivity contribution < 1.29 is 19.5 Å². The molecule has 1 heterocycles. The zero-order valence-electron chi connectivity index (χ0n) is 18.1. The van der Waals surface area contributed by atoms with E-state index in [9.17, 15) is 19.5 Å². The smallest absolute Gasteiger partial charge is 0.326 e. The lowest BCUT2D eigenvalue weighted by Gasteiger charge is -2.17. The average Bonchev–Trinajstić information content (AvgIpc) is 3.05. The van der Waals surface area contributed by atoms with Crippen LogP contribution in [0.1, 0.15) is 24.5 Å². The summed E-state index contributed by atoms with van der Waals surface area (Å²) in [5, 5.41) is 12.0. The highest BCUT2D eigenvalue weighted by molar-refractivity contribution is 8.26. The first-order chi connectivity index (χ1) is 15.8. The molecule has 0 spiro atoms. The molecule has 0 bridgehead atoms. The maximum absolute atomic E-state index is 12.8. The number of carbonyl (C=O) groups excluding carboxylic acids is 2. The van der Waals surface area contributed by atoms with Crippen molar-refractivity contribution in [2.24, 2.45) is 0 Å². The quantitative estimate of drug-likeness (QED) is 0.416. The van der Waals surface area contributed by atoms with Crippen LogP contribution in [0.4, 0.5) is 0 Å². The Bertz CT molecular complexity index is 1100. The molecule has 1 aliphatic rings. The number of carbonyl (C=O) groups is 3. The number of aliphatic carboxylic acids is 1. The average molecular weight is 481 g/mol. The molecule has 1 fully saturated rings. The number of nitrogens with zero attached hydrogens (tertiary/aromatic N) is 1. The summed E-state index contributed by atoms with van der Waals surface area (Å²) in [5.41, 5.74) is 2.75. The number of hydrogen-bond donors (Lipinski definition) is 2. The Morgan fingerprint density at radius 1 is 1.12 bits per heavy atom. The Hall–Kier alpha value is -3.23. The molecule has 1 saturated heterocycles. The molecule has 2 N–H and O–H groups in total. The molecule has 0 aromatic heterocycles. The number of carboxylic acids is 1. The lowest BCUT2D eigenvalue weighted by molar-refractivity contribution is -0.141. The van der Waals surface area contributed by atoms with E-state index in [2.05, 4.69) is 5.32 Å². The maximum Gasteiger partial charge on any atom is 0.326 e. The summed E-state index contributed by atoms with van der Waals surface area (Å²) in [4.78, 5) is 38.6. The van der Waals surface area contributed by atoms with Crippen molar-refractivity contribution in [1.82, 2.24) is 10.2 Å². The Kier molecular flexibility index (Phi) is 8.57. The molecule has 2 aromatic carbocycles. The molecule has 0 radical (unpaired) electrons. The van der Waals surface area contributed by atoms with E-state index in [-0.39, 0.29) is 25.3 Å². The number of amides is 2. The molecule has 33 heavy (non-hydrogen) atoms. The standard InChI is InChI=1S/C25H24N2O4S2/c1-17(14-18-8-4-2-5-9-18)15-21-23(29)27(25(32)33-21)13-12-22(28)26-20(24(30)31)16-19-10-6-3-7-11-19/h2-11,14-15,20H,12-13,16H2,1H3,(H,26,28)(H,30,31)/b17-14+,21-15-. The maximum atomic E-state index is 12.8.